The van der Waals surface area contributed by atoms with Gasteiger partial charge in [-0.3, -0.25) is 4.79 Å². The summed E-state index contributed by atoms with van der Waals surface area (Å²) in [4.78, 5) is 18.1. The number of sulfone groups is 1. The molecule has 0 spiro atoms. The van der Waals surface area contributed by atoms with E-state index in [9.17, 15) is 17.6 Å². The Kier molecular flexibility index (Phi) is 4.12. The maximum absolute atomic E-state index is 13.0. The van der Waals surface area contributed by atoms with Crippen LogP contribution in [0.15, 0.2) is 24.3 Å². The molecule has 1 saturated heterocycles. The molecule has 9 heteroatoms. The maximum atomic E-state index is 13.0. The van der Waals surface area contributed by atoms with E-state index in [1.807, 2.05) is 0 Å². The molecule has 1 aromatic carbocycles. The molecule has 0 unspecified atom stereocenters. The number of aromatic nitrogens is 3. The SMILES string of the molecule is Cc1nc(C(=O)N(C)[C@@H]2CCS(=O)(=O)C2)nn1-c1ccc(F)cc1. The molecule has 0 N–H and O–H groups in total. The Hall–Kier alpha value is -2.29. The van der Waals surface area contributed by atoms with Crippen molar-refractivity contribution in [3.05, 3.63) is 41.7 Å². The zero-order chi connectivity index (χ0) is 17.5. The third-order valence-electron chi connectivity index (χ3n) is 4.11. The molecule has 0 saturated carbocycles. The molecule has 1 atom stereocenters. The number of carbonyl (C=O) groups excluding carboxylic acids is 1. The van der Waals surface area contributed by atoms with E-state index in [0.717, 1.165) is 0 Å². The number of amides is 1. The van der Waals surface area contributed by atoms with Gasteiger partial charge in [-0.2, -0.15) is 0 Å². The normalized spacial score (nSPS) is 19.4. The quantitative estimate of drug-likeness (QED) is 0.822. The fourth-order valence-corrected chi connectivity index (χ4v) is 4.49. The van der Waals surface area contributed by atoms with Gasteiger partial charge < -0.3 is 4.90 Å². The smallest absolute Gasteiger partial charge is 0.293 e. The lowest BCUT2D eigenvalue weighted by Gasteiger charge is -2.21. The first-order chi connectivity index (χ1) is 11.3. The third-order valence-corrected chi connectivity index (χ3v) is 5.86. The van der Waals surface area contributed by atoms with Gasteiger partial charge in [-0.1, -0.05) is 0 Å². The van der Waals surface area contributed by atoms with Gasteiger partial charge in [-0.15, -0.1) is 5.10 Å². The number of carbonyl (C=O) groups is 1. The summed E-state index contributed by atoms with van der Waals surface area (Å²) in [6, 6.07) is 5.32. The second-order valence-electron chi connectivity index (χ2n) is 5.84. The zero-order valence-electron chi connectivity index (χ0n) is 13.3. The summed E-state index contributed by atoms with van der Waals surface area (Å²) < 4.78 is 37.6. The molecule has 2 heterocycles. The lowest BCUT2D eigenvalue weighted by molar-refractivity contribution is 0.0735. The third kappa shape index (κ3) is 3.16. The fraction of sp³-hybridized carbons (Fsp3) is 0.400. The Balaban J connectivity index is 1.84. The van der Waals surface area contributed by atoms with Crippen LogP contribution in [-0.4, -0.2) is 58.6 Å². The highest BCUT2D eigenvalue weighted by Crippen LogP contribution is 2.18. The predicted octanol–water partition coefficient (Wildman–Crippen LogP) is 0.974. The average Bonchev–Trinajstić information content (AvgIpc) is 3.09. The van der Waals surface area contributed by atoms with Crippen LogP contribution >= 0.6 is 0 Å². The highest BCUT2D eigenvalue weighted by molar-refractivity contribution is 7.91. The summed E-state index contributed by atoms with van der Waals surface area (Å²) in [5, 5.41) is 4.18. The lowest BCUT2D eigenvalue weighted by Crippen LogP contribution is -2.38. The van der Waals surface area contributed by atoms with Crippen molar-refractivity contribution in [2.75, 3.05) is 18.6 Å². The standard InChI is InChI=1S/C15H17FN4O3S/c1-10-17-14(18-20(10)12-5-3-11(16)4-6-12)15(21)19(2)13-7-8-24(22,23)9-13/h3-6,13H,7-9H2,1-2H3/t13-/m1/s1. The van der Waals surface area contributed by atoms with Crippen LogP contribution in [-0.2, 0) is 9.84 Å². The summed E-state index contributed by atoms with van der Waals surface area (Å²) in [7, 11) is -1.52. The number of nitrogens with zero attached hydrogens (tertiary/aromatic N) is 4. The largest absolute Gasteiger partial charge is 0.335 e. The van der Waals surface area contributed by atoms with E-state index in [2.05, 4.69) is 10.1 Å². The van der Waals surface area contributed by atoms with Crippen molar-refractivity contribution < 1.29 is 17.6 Å². The van der Waals surface area contributed by atoms with Crippen molar-refractivity contribution in [2.45, 2.75) is 19.4 Å². The molecular formula is C15H17FN4O3S. The van der Waals surface area contributed by atoms with Gasteiger partial charge in [0.05, 0.1) is 17.2 Å². The highest BCUT2D eigenvalue weighted by Gasteiger charge is 2.34. The topological polar surface area (TPSA) is 85.2 Å². The molecule has 24 heavy (non-hydrogen) atoms. The minimum absolute atomic E-state index is 0.0105. The molecule has 1 aliphatic rings. The van der Waals surface area contributed by atoms with Gasteiger partial charge in [0, 0.05) is 13.1 Å². The molecule has 2 aromatic rings. The molecule has 3 rings (SSSR count). The number of halogens is 1. The van der Waals surface area contributed by atoms with Crippen LogP contribution in [0.2, 0.25) is 0 Å². The minimum atomic E-state index is -3.08. The van der Waals surface area contributed by atoms with Gasteiger partial charge >= 0.3 is 0 Å². The Morgan fingerprint density at radius 3 is 2.58 bits per heavy atom. The summed E-state index contributed by atoms with van der Waals surface area (Å²) in [5.41, 5.74) is 0.589. The van der Waals surface area contributed by atoms with Gasteiger partial charge in [-0.25, -0.2) is 22.5 Å². The molecule has 0 bridgehead atoms. The van der Waals surface area contributed by atoms with Gasteiger partial charge in [0.2, 0.25) is 5.82 Å². The van der Waals surface area contributed by atoms with E-state index >= 15 is 0 Å². The van der Waals surface area contributed by atoms with E-state index in [4.69, 9.17) is 0 Å². The van der Waals surface area contributed by atoms with Crippen LogP contribution < -0.4 is 0 Å². The molecule has 1 aliphatic heterocycles. The first-order valence-electron chi connectivity index (χ1n) is 7.44. The van der Waals surface area contributed by atoms with Crippen LogP contribution in [0.4, 0.5) is 4.39 Å². The van der Waals surface area contributed by atoms with Crippen LogP contribution in [0.25, 0.3) is 5.69 Å². The van der Waals surface area contributed by atoms with Crippen LogP contribution in [0, 0.1) is 12.7 Å². The van der Waals surface area contributed by atoms with Crippen LogP contribution in [0.1, 0.15) is 22.9 Å². The summed E-state index contributed by atoms with van der Waals surface area (Å²) in [6.45, 7) is 1.69. The van der Waals surface area contributed by atoms with Crippen molar-refractivity contribution in [3.63, 3.8) is 0 Å². The number of hydrogen-bond donors (Lipinski definition) is 0. The predicted molar refractivity (Wildman–Crippen MR) is 85.2 cm³/mol. The Morgan fingerprint density at radius 2 is 2.00 bits per heavy atom. The van der Waals surface area contributed by atoms with Crippen LogP contribution in [0.3, 0.4) is 0 Å². The van der Waals surface area contributed by atoms with Crippen molar-refractivity contribution in [2.24, 2.45) is 0 Å². The van der Waals surface area contributed by atoms with Gasteiger partial charge in [-0.05, 0) is 37.6 Å². The molecule has 0 aliphatic carbocycles. The first kappa shape index (κ1) is 16.6. The monoisotopic (exact) mass is 352 g/mol. The van der Waals surface area contributed by atoms with E-state index in [1.54, 1.807) is 26.1 Å². The van der Waals surface area contributed by atoms with E-state index < -0.39 is 15.7 Å². The fourth-order valence-electron chi connectivity index (χ4n) is 2.71. The van der Waals surface area contributed by atoms with Crippen molar-refractivity contribution >= 4 is 15.7 Å². The number of aryl methyl sites for hydroxylation is 1. The molecule has 7 nitrogen and oxygen atoms in total. The summed E-state index contributed by atoms with van der Waals surface area (Å²) in [5.74, 6) is -0.268. The molecule has 1 amide bonds. The second-order valence-corrected chi connectivity index (χ2v) is 8.07. The van der Waals surface area contributed by atoms with Gasteiger partial charge in [0.25, 0.3) is 5.91 Å². The minimum Gasteiger partial charge on any atom is -0.335 e. The molecular weight excluding hydrogens is 335 g/mol. The average molecular weight is 352 g/mol. The van der Waals surface area contributed by atoms with Crippen molar-refractivity contribution in [3.8, 4) is 5.69 Å². The molecule has 1 fully saturated rings. The van der Waals surface area contributed by atoms with Crippen molar-refractivity contribution in [1.82, 2.24) is 19.7 Å². The number of hydrogen-bond acceptors (Lipinski definition) is 5. The maximum Gasteiger partial charge on any atom is 0.293 e. The van der Waals surface area contributed by atoms with Crippen LogP contribution in [0.5, 0.6) is 0 Å². The van der Waals surface area contributed by atoms with Crippen molar-refractivity contribution in [1.29, 1.82) is 0 Å². The van der Waals surface area contributed by atoms with Gasteiger partial charge in [0.1, 0.15) is 11.6 Å². The number of benzene rings is 1. The summed E-state index contributed by atoms with van der Waals surface area (Å²) >= 11 is 0. The Labute approximate surface area is 139 Å². The van der Waals surface area contributed by atoms with E-state index in [1.165, 1.54) is 21.7 Å². The number of rotatable bonds is 3. The van der Waals surface area contributed by atoms with Gasteiger partial charge in [0.15, 0.2) is 9.84 Å². The second kappa shape index (κ2) is 5.97. The Bertz CT molecular complexity index is 877. The molecule has 128 valence electrons. The Morgan fingerprint density at radius 1 is 1.33 bits per heavy atom. The summed E-state index contributed by atoms with van der Waals surface area (Å²) in [6.07, 6.45) is 0.419. The lowest BCUT2D eigenvalue weighted by atomic mass is 10.2. The molecule has 0 radical (unpaired) electrons. The van der Waals surface area contributed by atoms with E-state index in [-0.39, 0.29) is 29.2 Å². The molecule has 1 aromatic heterocycles. The zero-order valence-corrected chi connectivity index (χ0v) is 14.1. The van der Waals surface area contributed by atoms with E-state index in [0.29, 0.717) is 17.9 Å². The highest BCUT2D eigenvalue weighted by atomic mass is 32.2. The first-order valence-corrected chi connectivity index (χ1v) is 9.26.